The van der Waals surface area contributed by atoms with Gasteiger partial charge in [0, 0.05) is 0 Å². The van der Waals surface area contributed by atoms with E-state index in [4.69, 9.17) is 4.74 Å². The lowest BCUT2D eigenvalue weighted by Crippen LogP contribution is -2.43. The predicted molar refractivity (Wildman–Crippen MR) is 91.1 cm³/mol. The molecule has 1 fully saturated rings. The fourth-order valence-corrected chi connectivity index (χ4v) is 3.52. The number of aliphatic hydroxyl groups excluding tert-OH is 3. The fourth-order valence-electron chi connectivity index (χ4n) is 2.89. The van der Waals surface area contributed by atoms with Crippen LogP contribution < -0.4 is 20.7 Å². The van der Waals surface area contributed by atoms with E-state index < -0.39 is 49.6 Å². The molecule has 1 unspecified atom stereocenters. The van der Waals surface area contributed by atoms with Crippen LogP contribution in [0.5, 0.6) is 0 Å². The third-order valence-electron chi connectivity index (χ3n) is 4.90. The first-order chi connectivity index (χ1) is 13.0. The summed E-state index contributed by atoms with van der Waals surface area (Å²) in [5.41, 5.74) is -0.928. The van der Waals surface area contributed by atoms with Gasteiger partial charge in [-0.1, -0.05) is 6.92 Å². The smallest absolute Gasteiger partial charge is 0.280 e. The second-order valence-electron chi connectivity index (χ2n) is 6.72. The first-order valence-corrected chi connectivity index (χ1v) is 9.96. The number of rotatable bonds is 6. The number of hydrogen-bond acceptors (Lipinski definition) is 11. The van der Waals surface area contributed by atoms with Gasteiger partial charge in [-0.25, -0.2) is 4.98 Å². The molecule has 2 aromatic rings. The van der Waals surface area contributed by atoms with E-state index in [9.17, 15) is 34.5 Å². The molecule has 28 heavy (non-hydrogen) atoms. The summed E-state index contributed by atoms with van der Waals surface area (Å²) in [5, 5.41) is 29.8. The lowest BCUT2D eigenvalue weighted by atomic mass is 10.1. The Labute approximate surface area is 158 Å². The maximum atomic E-state index is 12.3. The van der Waals surface area contributed by atoms with E-state index in [0.29, 0.717) is 0 Å². The van der Waals surface area contributed by atoms with Crippen molar-refractivity contribution in [1.29, 1.82) is 0 Å². The van der Waals surface area contributed by atoms with Gasteiger partial charge in [0.05, 0.1) is 18.2 Å². The number of nitrogens with one attached hydrogen (secondary N) is 2. The molecule has 0 aromatic carbocycles. The molecular formula is C14H20N5O8P-2. The number of H-pyrrole nitrogens is 1. The first-order valence-electron chi connectivity index (χ1n) is 8.42. The molecule has 3 heterocycles. The summed E-state index contributed by atoms with van der Waals surface area (Å²) in [6.45, 7) is 2.11. The Morgan fingerprint density at radius 2 is 2.11 bits per heavy atom. The zero-order valence-electron chi connectivity index (χ0n) is 15.0. The van der Waals surface area contributed by atoms with E-state index in [1.807, 2.05) is 0 Å². The number of aliphatic hydroxyl groups is 3. The molecule has 156 valence electrons. The van der Waals surface area contributed by atoms with E-state index in [0.717, 1.165) is 6.33 Å². The number of aromatic amines is 1. The highest BCUT2D eigenvalue weighted by molar-refractivity contribution is 7.50. The van der Waals surface area contributed by atoms with Crippen molar-refractivity contribution < 1.29 is 34.4 Å². The summed E-state index contributed by atoms with van der Waals surface area (Å²) in [7, 11) is -5.10. The van der Waals surface area contributed by atoms with Gasteiger partial charge in [-0.3, -0.25) is 14.3 Å². The number of anilines is 1. The standard InChI is InChI=1S/C14H22N5O8P/c1-3-14(2,28(24,25)26)18-13-16-10-7(11(23)17-13)15-5-19(10)12-9(22)8(21)6(4-20)27-12/h5-6,8-9,12,20-22H,3-4H2,1-2H3,(H2,24,25,26)(H2,16,17,18,23)/p-2/t6-,8-,9-,12-,14?/m1/s1. The highest BCUT2D eigenvalue weighted by atomic mass is 31.2. The molecule has 1 aliphatic heterocycles. The summed E-state index contributed by atoms with van der Waals surface area (Å²) in [6, 6.07) is 0. The van der Waals surface area contributed by atoms with Gasteiger partial charge in [0.25, 0.3) is 5.56 Å². The number of nitrogens with zero attached hydrogens (tertiary/aromatic N) is 3. The molecule has 0 spiro atoms. The van der Waals surface area contributed by atoms with E-state index in [1.165, 1.54) is 18.4 Å². The van der Waals surface area contributed by atoms with Crippen molar-refractivity contribution in [2.75, 3.05) is 11.9 Å². The maximum Gasteiger partial charge on any atom is 0.280 e. The number of aromatic nitrogens is 4. The summed E-state index contributed by atoms with van der Waals surface area (Å²) < 4.78 is 18.2. The van der Waals surface area contributed by atoms with Gasteiger partial charge in [0.1, 0.15) is 18.3 Å². The second kappa shape index (κ2) is 7.19. The average molecular weight is 417 g/mol. The minimum Gasteiger partial charge on any atom is -0.809 e. The Bertz CT molecular complexity index is 972. The van der Waals surface area contributed by atoms with Crippen LogP contribution in [0.15, 0.2) is 11.1 Å². The predicted octanol–water partition coefficient (Wildman–Crippen LogP) is -2.82. The average Bonchev–Trinajstić information content (AvgIpc) is 3.16. The van der Waals surface area contributed by atoms with Gasteiger partial charge in [-0.05, 0) is 20.9 Å². The largest absolute Gasteiger partial charge is 0.809 e. The second-order valence-corrected chi connectivity index (χ2v) is 8.70. The zero-order valence-corrected chi connectivity index (χ0v) is 15.9. The minimum atomic E-state index is -5.10. The van der Waals surface area contributed by atoms with Crippen molar-refractivity contribution in [3.05, 3.63) is 16.7 Å². The van der Waals surface area contributed by atoms with Crippen LogP contribution in [0.4, 0.5) is 5.95 Å². The molecule has 14 heteroatoms. The highest BCUT2D eigenvalue weighted by Gasteiger charge is 2.44. The Balaban J connectivity index is 2.05. The van der Waals surface area contributed by atoms with Crippen molar-refractivity contribution >= 4 is 24.7 Å². The number of imidazole rings is 1. The molecule has 0 radical (unpaired) electrons. The zero-order chi connectivity index (χ0) is 20.9. The van der Waals surface area contributed by atoms with Crippen LogP contribution in [0.25, 0.3) is 11.2 Å². The van der Waals surface area contributed by atoms with Crippen LogP contribution in [0.2, 0.25) is 0 Å². The van der Waals surface area contributed by atoms with Gasteiger partial charge in [-0.2, -0.15) is 4.98 Å². The van der Waals surface area contributed by atoms with Crippen molar-refractivity contribution in [3.63, 3.8) is 0 Å². The molecule has 1 aliphatic rings. The molecule has 5 atom stereocenters. The van der Waals surface area contributed by atoms with E-state index in [-0.39, 0.29) is 23.5 Å². The van der Waals surface area contributed by atoms with Gasteiger partial charge in [0.15, 0.2) is 17.4 Å². The lowest BCUT2D eigenvalue weighted by Gasteiger charge is -2.47. The molecule has 2 aromatic heterocycles. The molecule has 0 bridgehead atoms. The summed E-state index contributed by atoms with van der Waals surface area (Å²) in [6.07, 6.45) is -3.98. The van der Waals surface area contributed by atoms with Crippen LogP contribution >= 0.6 is 7.60 Å². The third kappa shape index (κ3) is 3.35. The third-order valence-corrected chi connectivity index (χ3v) is 6.54. The van der Waals surface area contributed by atoms with Crippen molar-refractivity contribution in [2.24, 2.45) is 0 Å². The number of hydrogen-bond donors (Lipinski definition) is 5. The van der Waals surface area contributed by atoms with Crippen molar-refractivity contribution in [1.82, 2.24) is 19.5 Å². The summed E-state index contributed by atoms with van der Waals surface area (Å²) >= 11 is 0. The molecule has 1 saturated heterocycles. The Morgan fingerprint density at radius 3 is 2.64 bits per heavy atom. The normalized spacial score (nSPS) is 27.8. The van der Waals surface area contributed by atoms with Crippen LogP contribution in [-0.2, 0) is 9.30 Å². The van der Waals surface area contributed by atoms with Crippen LogP contribution in [0, 0.1) is 0 Å². The maximum absolute atomic E-state index is 12.3. The van der Waals surface area contributed by atoms with Gasteiger partial charge < -0.3 is 39.7 Å². The topological polar surface area (TPSA) is 209 Å². The molecule has 3 rings (SSSR count). The SMILES string of the molecule is CCC(C)(Nc1nc2c(ncn2[C@@H]2O[C@H](CO)[C@@H](O)[C@H]2O)c(=O)[nH]1)P(=O)([O-])[O-]. The van der Waals surface area contributed by atoms with Crippen molar-refractivity contribution in [2.45, 2.75) is 50.1 Å². The Hall–Kier alpha value is -1.86. The van der Waals surface area contributed by atoms with E-state index in [1.54, 1.807) is 0 Å². The molecule has 0 saturated carbocycles. The minimum absolute atomic E-state index is 0.0776. The molecule has 0 aliphatic carbocycles. The van der Waals surface area contributed by atoms with Crippen molar-refractivity contribution in [3.8, 4) is 0 Å². The lowest BCUT2D eigenvalue weighted by molar-refractivity contribution is -0.319. The van der Waals surface area contributed by atoms with E-state index >= 15 is 0 Å². The quantitative estimate of drug-likeness (QED) is 0.303. The first kappa shape index (κ1) is 20.9. The highest BCUT2D eigenvalue weighted by Crippen LogP contribution is 2.44. The molecule has 0 amide bonds. The fraction of sp³-hybridized carbons (Fsp3) is 0.643. The van der Waals surface area contributed by atoms with Crippen LogP contribution in [0.1, 0.15) is 26.5 Å². The van der Waals surface area contributed by atoms with Crippen LogP contribution in [0.3, 0.4) is 0 Å². The number of ether oxygens (including phenoxy) is 1. The molecule has 13 nitrogen and oxygen atoms in total. The summed E-state index contributed by atoms with van der Waals surface area (Å²) in [5.74, 6) is -0.290. The monoisotopic (exact) mass is 417 g/mol. The summed E-state index contributed by atoms with van der Waals surface area (Å²) in [4.78, 5) is 45.8. The van der Waals surface area contributed by atoms with Gasteiger partial charge in [-0.15, -0.1) is 0 Å². The van der Waals surface area contributed by atoms with E-state index in [2.05, 4.69) is 20.3 Å². The van der Waals surface area contributed by atoms with Gasteiger partial charge >= 0.3 is 0 Å². The molecular weight excluding hydrogens is 397 g/mol. The van der Waals surface area contributed by atoms with Crippen LogP contribution in [-0.4, -0.2) is 65.0 Å². The van der Waals surface area contributed by atoms with Gasteiger partial charge in [0.2, 0.25) is 5.95 Å². The molecule has 5 N–H and O–H groups in total. The number of fused-ring (bicyclic) bond motifs is 1. The Kier molecular flexibility index (Phi) is 5.36. The Morgan fingerprint density at radius 1 is 1.43 bits per heavy atom.